The van der Waals surface area contributed by atoms with Crippen molar-refractivity contribution in [3.05, 3.63) is 52.5 Å². The number of esters is 1. The number of carbonyl (C=O) groups excluding carboxylic acids is 2. The molecule has 1 aromatic heterocycles. The third-order valence-electron chi connectivity index (χ3n) is 3.39. The molecular formula is C18H15BrN2O4S. The predicted octanol–water partition coefficient (Wildman–Crippen LogP) is 4.17. The van der Waals surface area contributed by atoms with Crippen LogP contribution in [-0.4, -0.2) is 29.2 Å². The largest absolute Gasteiger partial charge is 0.455 e. The molecule has 26 heavy (non-hydrogen) atoms. The first-order valence-electron chi connectivity index (χ1n) is 7.71. The Labute approximate surface area is 162 Å². The van der Waals surface area contributed by atoms with Crippen LogP contribution in [0.15, 0.2) is 56.6 Å². The number of aromatic nitrogens is 1. The van der Waals surface area contributed by atoms with Crippen LogP contribution >= 0.6 is 27.7 Å². The maximum Gasteiger partial charge on any atom is 0.316 e. The van der Waals surface area contributed by atoms with Crippen LogP contribution in [0.2, 0.25) is 0 Å². The number of rotatable bonds is 6. The van der Waals surface area contributed by atoms with Gasteiger partial charge in [0.25, 0.3) is 11.1 Å². The summed E-state index contributed by atoms with van der Waals surface area (Å²) in [6.07, 6.45) is 0. The maximum absolute atomic E-state index is 11.9. The van der Waals surface area contributed by atoms with Crippen molar-refractivity contribution in [3.63, 3.8) is 0 Å². The van der Waals surface area contributed by atoms with Gasteiger partial charge in [-0.3, -0.25) is 9.59 Å². The van der Waals surface area contributed by atoms with Crippen molar-refractivity contribution in [2.45, 2.75) is 12.1 Å². The van der Waals surface area contributed by atoms with Crippen molar-refractivity contribution < 1.29 is 18.7 Å². The predicted molar refractivity (Wildman–Crippen MR) is 103 cm³/mol. The second kappa shape index (κ2) is 8.37. The number of hydrogen-bond donors (Lipinski definition) is 1. The van der Waals surface area contributed by atoms with Crippen molar-refractivity contribution in [2.75, 3.05) is 17.7 Å². The summed E-state index contributed by atoms with van der Waals surface area (Å²) in [5.74, 6) is -0.899. The van der Waals surface area contributed by atoms with Crippen LogP contribution in [-0.2, 0) is 14.3 Å². The molecule has 1 amide bonds. The van der Waals surface area contributed by atoms with Gasteiger partial charge in [0.1, 0.15) is 11.3 Å². The Morgan fingerprint density at radius 2 is 2.08 bits per heavy atom. The van der Waals surface area contributed by atoms with E-state index < -0.39 is 11.9 Å². The van der Waals surface area contributed by atoms with Gasteiger partial charge in [0.05, 0.1) is 0 Å². The van der Waals surface area contributed by atoms with Crippen LogP contribution in [0.25, 0.3) is 11.1 Å². The molecule has 134 valence electrons. The molecule has 0 spiro atoms. The van der Waals surface area contributed by atoms with Gasteiger partial charge in [0.2, 0.25) is 0 Å². The summed E-state index contributed by atoms with van der Waals surface area (Å²) in [4.78, 5) is 27.9. The second-order valence-electron chi connectivity index (χ2n) is 5.41. The van der Waals surface area contributed by atoms with Crippen LogP contribution in [0.1, 0.15) is 5.56 Å². The maximum atomic E-state index is 11.9. The van der Waals surface area contributed by atoms with Crippen molar-refractivity contribution in [2.24, 2.45) is 0 Å². The Morgan fingerprint density at radius 1 is 1.27 bits per heavy atom. The number of nitrogens with zero attached hydrogens (tertiary/aromatic N) is 1. The lowest BCUT2D eigenvalue weighted by molar-refractivity contribution is -0.144. The molecule has 3 aromatic rings. The van der Waals surface area contributed by atoms with E-state index in [0.717, 1.165) is 27.3 Å². The molecule has 8 heteroatoms. The number of thioether (sulfide) groups is 1. The van der Waals surface area contributed by atoms with Crippen LogP contribution in [0.5, 0.6) is 0 Å². The van der Waals surface area contributed by atoms with E-state index in [1.54, 1.807) is 12.1 Å². The first-order chi connectivity index (χ1) is 12.5. The fourth-order valence-corrected chi connectivity index (χ4v) is 3.02. The van der Waals surface area contributed by atoms with E-state index in [1.807, 2.05) is 37.3 Å². The molecule has 0 bridgehead atoms. The van der Waals surface area contributed by atoms with Crippen molar-refractivity contribution in [3.8, 4) is 0 Å². The van der Waals surface area contributed by atoms with E-state index in [4.69, 9.17) is 9.15 Å². The molecular weight excluding hydrogens is 420 g/mol. The third-order valence-corrected chi connectivity index (χ3v) is 5.09. The van der Waals surface area contributed by atoms with Crippen molar-refractivity contribution in [1.82, 2.24) is 4.98 Å². The van der Waals surface area contributed by atoms with E-state index in [-0.39, 0.29) is 12.4 Å². The van der Waals surface area contributed by atoms with Gasteiger partial charge >= 0.3 is 5.97 Å². The van der Waals surface area contributed by atoms with E-state index in [9.17, 15) is 9.59 Å². The minimum absolute atomic E-state index is 0.0114. The fourth-order valence-electron chi connectivity index (χ4n) is 2.14. The van der Waals surface area contributed by atoms with Crippen LogP contribution in [0.3, 0.4) is 0 Å². The lowest BCUT2D eigenvalue weighted by Crippen LogP contribution is -2.21. The summed E-state index contributed by atoms with van der Waals surface area (Å²) in [5, 5.41) is 3.07. The molecule has 1 heterocycles. The minimum atomic E-state index is -0.514. The Bertz CT molecular complexity index is 924. The van der Waals surface area contributed by atoms with Crippen molar-refractivity contribution in [1.29, 1.82) is 0 Å². The molecule has 3 rings (SSSR count). The summed E-state index contributed by atoms with van der Waals surface area (Å²) in [6.45, 7) is 1.57. The standard InChI is InChI=1S/C18H15BrN2O4S/c1-11-8-12(6-7-13(11)19)20-16(22)9-24-17(23)10-26-18-21-14-4-2-3-5-15(14)25-18/h2-8H,9-10H2,1H3,(H,20,22). The molecule has 0 aliphatic rings. The summed E-state index contributed by atoms with van der Waals surface area (Å²) in [6, 6.07) is 12.8. The van der Waals surface area contributed by atoms with Gasteiger partial charge in [0, 0.05) is 10.2 Å². The first kappa shape index (κ1) is 18.5. The van der Waals surface area contributed by atoms with Gasteiger partial charge in [-0.2, -0.15) is 0 Å². The van der Waals surface area contributed by atoms with E-state index in [1.165, 1.54) is 0 Å². The molecule has 0 radical (unpaired) electrons. The van der Waals surface area contributed by atoms with Crippen LogP contribution in [0, 0.1) is 6.92 Å². The number of carbonyl (C=O) groups is 2. The average Bonchev–Trinajstić information content (AvgIpc) is 3.04. The van der Waals surface area contributed by atoms with Crippen LogP contribution in [0.4, 0.5) is 5.69 Å². The van der Waals surface area contributed by atoms with Gasteiger partial charge in [-0.25, -0.2) is 4.98 Å². The summed E-state index contributed by atoms with van der Waals surface area (Å²) < 4.78 is 11.4. The number of ether oxygens (including phenoxy) is 1. The molecule has 1 N–H and O–H groups in total. The number of halogens is 1. The van der Waals surface area contributed by atoms with Gasteiger partial charge in [-0.05, 0) is 42.8 Å². The minimum Gasteiger partial charge on any atom is -0.455 e. The number of oxazole rings is 1. The normalized spacial score (nSPS) is 10.7. The van der Waals surface area contributed by atoms with E-state index in [0.29, 0.717) is 16.5 Å². The topological polar surface area (TPSA) is 81.4 Å². The van der Waals surface area contributed by atoms with E-state index >= 15 is 0 Å². The molecule has 0 saturated carbocycles. The average molecular weight is 435 g/mol. The lowest BCUT2D eigenvalue weighted by atomic mass is 10.2. The first-order valence-corrected chi connectivity index (χ1v) is 9.49. The number of anilines is 1. The Kier molecular flexibility index (Phi) is 5.95. The second-order valence-corrected chi connectivity index (χ2v) is 7.19. The Balaban J connectivity index is 1.44. The van der Waals surface area contributed by atoms with Gasteiger partial charge < -0.3 is 14.5 Å². The fraction of sp³-hybridized carbons (Fsp3) is 0.167. The van der Waals surface area contributed by atoms with Gasteiger partial charge in [-0.15, -0.1) is 0 Å². The number of hydrogen-bond acceptors (Lipinski definition) is 6. The smallest absolute Gasteiger partial charge is 0.316 e. The monoisotopic (exact) mass is 434 g/mol. The number of fused-ring (bicyclic) bond motifs is 1. The lowest BCUT2D eigenvalue weighted by Gasteiger charge is -2.07. The number of benzene rings is 2. The van der Waals surface area contributed by atoms with Gasteiger partial charge in [-0.1, -0.05) is 39.8 Å². The summed E-state index contributed by atoms with van der Waals surface area (Å²) in [7, 11) is 0. The molecule has 2 aromatic carbocycles. The summed E-state index contributed by atoms with van der Waals surface area (Å²) in [5.41, 5.74) is 3.03. The van der Waals surface area contributed by atoms with Gasteiger partial charge in [0.15, 0.2) is 12.2 Å². The highest BCUT2D eigenvalue weighted by Gasteiger charge is 2.12. The highest BCUT2D eigenvalue weighted by atomic mass is 79.9. The number of para-hydroxylation sites is 2. The quantitative estimate of drug-likeness (QED) is 0.462. The zero-order chi connectivity index (χ0) is 18.5. The highest BCUT2D eigenvalue weighted by Crippen LogP contribution is 2.23. The zero-order valence-corrected chi connectivity index (χ0v) is 16.2. The third kappa shape index (κ3) is 4.86. The molecule has 0 fully saturated rings. The molecule has 0 saturated heterocycles. The SMILES string of the molecule is Cc1cc(NC(=O)COC(=O)CSc2nc3ccccc3o2)ccc1Br. The zero-order valence-electron chi connectivity index (χ0n) is 13.8. The number of amides is 1. The Morgan fingerprint density at radius 3 is 2.85 bits per heavy atom. The molecule has 0 unspecified atom stereocenters. The number of aryl methyl sites for hydroxylation is 1. The van der Waals surface area contributed by atoms with E-state index in [2.05, 4.69) is 26.2 Å². The highest BCUT2D eigenvalue weighted by molar-refractivity contribution is 9.10. The molecule has 0 aliphatic heterocycles. The summed E-state index contributed by atoms with van der Waals surface area (Å²) >= 11 is 4.52. The molecule has 6 nitrogen and oxygen atoms in total. The molecule has 0 aliphatic carbocycles. The number of nitrogens with one attached hydrogen (secondary N) is 1. The van der Waals surface area contributed by atoms with Crippen LogP contribution < -0.4 is 5.32 Å². The Hall–Kier alpha value is -2.32. The molecule has 0 atom stereocenters. The van der Waals surface area contributed by atoms with Crippen molar-refractivity contribution >= 4 is 56.4 Å².